The molecule has 0 saturated carbocycles. The molecular formula is C18H26N4O2. The molecule has 24 heavy (non-hydrogen) atoms. The fraction of sp³-hybridized carbons (Fsp3) is 0.611. The third kappa shape index (κ3) is 2.69. The van der Waals surface area contributed by atoms with Crippen LogP contribution in [-0.4, -0.2) is 63.3 Å². The fourth-order valence-corrected chi connectivity index (χ4v) is 3.80. The van der Waals surface area contributed by atoms with Crippen LogP contribution in [0.3, 0.4) is 0 Å². The van der Waals surface area contributed by atoms with Gasteiger partial charge in [-0.1, -0.05) is 13.0 Å². The van der Waals surface area contributed by atoms with E-state index < -0.39 is 5.54 Å². The van der Waals surface area contributed by atoms with Crippen molar-refractivity contribution < 1.29 is 9.59 Å². The van der Waals surface area contributed by atoms with Gasteiger partial charge in [0.25, 0.3) is 5.91 Å². The first kappa shape index (κ1) is 16.9. The Kier molecular flexibility index (Phi) is 4.58. The molecule has 1 unspecified atom stereocenters. The number of hydrogen-bond acceptors (Lipinski definition) is 4. The van der Waals surface area contributed by atoms with Crippen LogP contribution in [0.2, 0.25) is 0 Å². The van der Waals surface area contributed by atoms with Crippen molar-refractivity contribution in [2.45, 2.75) is 51.2 Å². The molecule has 6 heteroatoms. The number of carbonyl (C=O) groups excluding carboxylic acids is 2. The Bertz CT molecular complexity index is 611. The zero-order valence-corrected chi connectivity index (χ0v) is 14.7. The maximum Gasteiger partial charge on any atom is 0.327 e. The molecule has 2 aliphatic rings. The summed E-state index contributed by atoms with van der Waals surface area (Å²) >= 11 is 0. The number of imide groups is 1. The molecule has 0 bridgehead atoms. The number of rotatable bonds is 4. The molecule has 1 atom stereocenters. The highest BCUT2D eigenvalue weighted by Gasteiger charge is 2.56. The first-order valence-electron chi connectivity index (χ1n) is 8.72. The van der Waals surface area contributed by atoms with Gasteiger partial charge < -0.3 is 9.80 Å². The molecule has 0 N–H and O–H groups in total. The molecule has 2 saturated heterocycles. The third-order valence-electron chi connectivity index (χ3n) is 5.71. The van der Waals surface area contributed by atoms with Crippen molar-refractivity contribution in [1.29, 1.82) is 0 Å². The van der Waals surface area contributed by atoms with Crippen LogP contribution in [0.25, 0.3) is 0 Å². The van der Waals surface area contributed by atoms with Crippen LogP contribution in [-0.2, 0) is 11.3 Å². The number of carbonyl (C=O) groups is 2. The van der Waals surface area contributed by atoms with Crippen molar-refractivity contribution in [3.63, 3.8) is 0 Å². The first-order chi connectivity index (χ1) is 11.5. The van der Waals surface area contributed by atoms with Crippen molar-refractivity contribution in [2.24, 2.45) is 0 Å². The van der Waals surface area contributed by atoms with Gasteiger partial charge in [0.2, 0.25) is 0 Å². The lowest BCUT2D eigenvalue weighted by molar-refractivity contribution is -0.135. The van der Waals surface area contributed by atoms with Crippen LogP contribution in [0.5, 0.6) is 0 Å². The van der Waals surface area contributed by atoms with E-state index in [0.717, 1.165) is 25.1 Å². The Hall–Kier alpha value is -1.95. The molecule has 1 aromatic heterocycles. The second-order valence-corrected chi connectivity index (χ2v) is 6.92. The Labute approximate surface area is 143 Å². The smallest absolute Gasteiger partial charge is 0.312 e. The number of aromatic nitrogens is 1. The van der Waals surface area contributed by atoms with E-state index in [1.165, 1.54) is 4.90 Å². The van der Waals surface area contributed by atoms with Crippen LogP contribution < -0.4 is 0 Å². The number of amides is 3. The maximum absolute atomic E-state index is 13.1. The number of urea groups is 1. The number of hydrogen-bond donors (Lipinski definition) is 0. The molecule has 0 radical (unpaired) electrons. The number of likely N-dealkylation sites (tertiary alicyclic amines) is 1. The molecule has 6 nitrogen and oxygen atoms in total. The Morgan fingerprint density at radius 3 is 2.58 bits per heavy atom. The quantitative estimate of drug-likeness (QED) is 0.794. The highest BCUT2D eigenvalue weighted by molar-refractivity contribution is 6.06. The van der Waals surface area contributed by atoms with Gasteiger partial charge in [-0.3, -0.25) is 14.7 Å². The summed E-state index contributed by atoms with van der Waals surface area (Å²) in [7, 11) is 1.77. The summed E-state index contributed by atoms with van der Waals surface area (Å²) in [6.45, 7) is 6.42. The van der Waals surface area contributed by atoms with Gasteiger partial charge in [0.05, 0.1) is 6.54 Å². The Morgan fingerprint density at radius 2 is 2.00 bits per heavy atom. The molecule has 3 rings (SSSR count). The molecule has 130 valence electrons. The molecule has 0 aliphatic carbocycles. The lowest BCUT2D eigenvalue weighted by Crippen LogP contribution is -2.56. The summed E-state index contributed by atoms with van der Waals surface area (Å²) in [5.41, 5.74) is 0.213. The van der Waals surface area contributed by atoms with Crippen molar-refractivity contribution in [1.82, 2.24) is 19.7 Å². The van der Waals surface area contributed by atoms with Gasteiger partial charge in [-0.25, -0.2) is 4.79 Å². The standard InChI is InChI=1S/C18H26N4O2/c1-4-14(2)21-10-7-18(8-11-21)16(23)22(17(24)20(18)3)13-15-6-5-9-19-12-15/h5-6,9,12,14H,4,7-8,10-11,13H2,1-3H3. The summed E-state index contributed by atoms with van der Waals surface area (Å²) < 4.78 is 0. The van der Waals surface area contributed by atoms with Gasteiger partial charge in [-0.15, -0.1) is 0 Å². The summed E-state index contributed by atoms with van der Waals surface area (Å²) in [5, 5.41) is 0. The summed E-state index contributed by atoms with van der Waals surface area (Å²) in [5.74, 6) is -0.0531. The predicted molar refractivity (Wildman–Crippen MR) is 91.2 cm³/mol. The normalized spacial score (nSPS) is 22.5. The molecule has 2 fully saturated rings. The average Bonchev–Trinajstić information content (AvgIpc) is 2.79. The van der Waals surface area contributed by atoms with Crippen molar-refractivity contribution in [3.8, 4) is 0 Å². The number of likely N-dealkylation sites (N-methyl/N-ethyl adjacent to an activating group) is 1. The van der Waals surface area contributed by atoms with Crippen molar-refractivity contribution >= 4 is 11.9 Å². The van der Waals surface area contributed by atoms with Gasteiger partial charge >= 0.3 is 6.03 Å². The lowest BCUT2D eigenvalue weighted by atomic mass is 9.85. The van der Waals surface area contributed by atoms with Crippen LogP contribution in [0.4, 0.5) is 4.79 Å². The topological polar surface area (TPSA) is 56.8 Å². The Morgan fingerprint density at radius 1 is 1.29 bits per heavy atom. The fourth-order valence-electron chi connectivity index (χ4n) is 3.80. The predicted octanol–water partition coefficient (Wildman–Crippen LogP) is 2.11. The summed E-state index contributed by atoms with van der Waals surface area (Å²) in [6, 6.07) is 4.04. The highest BCUT2D eigenvalue weighted by Crippen LogP contribution is 2.37. The van der Waals surface area contributed by atoms with Crippen molar-refractivity contribution in [2.75, 3.05) is 20.1 Å². The molecule has 0 aromatic carbocycles. The lowest BCUT2D eigenvalue weighted by Gasteiger charge is -2.42. The van der Waals surface area contributed by atoms with Crippen LogP contribution in [0.15, 0.2) is 24.5 Å². The zero-order chi connectivity index (χ0) is 17.3. The number of piperidine rings is 1. The highest BCUT2D eigenvalue weighted by atomic mass is 16.2. The summed E-state index contributed by atoms with van der Waals surface area (Å²) in [6.07, 6.45) is 5.92. The van der Waals surface area contributed by atoms with E-state index in [1.807, 2.05) is 12.1 Å². The Balaban J connectivity index is 1.76. The third-order valence-corrected chi connectivity index (χ3v) is 5.71. The van der Waals surface area contributed by atoms with Gasteiger partial charge in [0.15, 0.2) is 0 Å². The van der Waals surface area contributed by atoms with Crippen LogP contribution >= 0.6 is 0 Å². The van der Waals surface area contributed by atoms with Crippen molar-refractivity contribution in [3.05, 3.63) is 30.1 Å². The van der Waals surface area contributed by atoms with Crippen LogP contribution in [0, 0.1) is 0 Å². The molecule has 3 heterocycles. The average molecular weight is 330 g/mol. The van der Waals surface area contributed by atoms with E-state index in [2.05, 4.69) is 23.7 Å². The second-order valence-electron chi connectivity index (χ2n) is 6.92. The van der Waals surface area contributed by atoms with E-state index in [4.69, 9.17) is 0 Å². The molecular weight excluding hydrogens is 304 g/mol. The zero-order valence-electron chi connectivity index (χ0n) is 14.7. The second kappa shape index (κ2) is 6.51. The number of pyridine rings is 1. The maximum atomic E-state index is 13.1. The van der Waals surface area contributed by atoms with Gasteiger partial charge in [-0.2, -0.15) is 0 Å². The minimum atomic E-state index is -0.663. The van der Waals surface area contributed by atoms with Gasteiger partial charge in [0, 0.05) is 38.6 Å². The largest absolute Gasteiger partial charge is 0.327 e. The van der Waals surface area contributed by atoms with E-state index in [9.17, 15) is 9.59 Å². The molecule has 2 aliphatic heterocycles. The number of nitrogens with zero attached hydrogens (tertiary/aromatic N) is 4. The summed E-state index contributed by atoms with van der Waals surface area (Å²) in [4.78, 5) is 35.3. The monoisotopic (exact) mass is 330 g/mol. The minimum Gasteiger partial charge on any atom is -0.312 e. The van der Waals surface area contributed by atoms with Gasteiger partial charge in [0.1, 0.15) is 5.54 Å². The SMILES string of the molecule is CCC(C)N1CCC2(CC1)C(=O)N(Cc1cccnc1)C(=O)N2C. The van der Waals surface area contributed by atoms with Crippen LogP contribution in [0.1, 0.15) is 38.7 Å². The van der Waals surface area contributed by atoms with E-state index in [0.29, 0.717) is 25.4 Å². The molecule has 1 spiro atoms. The van der Waals surface area contributed by atoms with E-state index in [-0.39, 0.29) is 11.9 Å². The minimum absolute atomic E-state index is 0.0531. The van der Waals surface area contributed by atoms with E-state index in [1.54, 1.807) is 24.3 Å². The van der Waals surface area contributed by atoms with E-state index >= 15 is 0 Å². The van der Waals surface area contributed by atoms with Gasteiger partial charge in [-0.05, 0) is 37.8 Å². The first-order valence-corrected chi connectivity index (χ1v) is 8.72. The molecule has 1 aromatic rings. The molecule has 3 amide bonds.